The van der Waals surface area contributed by atoms with Crippen molar-refractivity contribution in [3.05, 3.63) is 113 Å². The number of hydrazone groups is 1. The lowest BCUT2D eigenvalue weighted by molar-refractivity contribution is -0.122. The molecular formula is C23H19N5O. The molecule has 6 nitrogen and oxygen atoms in total. The van der Waals surface area contributed by atoms with Crippen LogP contribution in [0.2, 0.25) is 0 Å². The Morgan fingerprint density at radius 2 is 1.52 bits per heavy atom. The minimum atomic E-state index is -1.54. The smallest absolute Gasteiger partial charge is 0.211 e. The highest BCUT2D eigenvalue weighted by molar-refractivity contribution is 6.13. The van der Waals surface area contributed by atoms with Crippen LogP contribution in [-0.2, 0) is 4.79 Å². The highest BCUT2D eigenvalue weighted by Gasteiger charge is 2.56. The minimum Gasteiger partial charge on any atom is -0.297 e. The summed E-state index contributed by atoms with van der Waals surface area (Å²) in [4.78, 5) is 16.2. The van der Waals surface area contributed by atoms with Gasteiger partial charge in [0.25, 0.3) is 0 Å². The molecule has 0 saturated heterocycles. The van der Waals surface area contributed by atoms with Crippen molar-refractivity contribution in [2.45, 2.75) is 18.5 Å². The molecule has 142 valence electrons. The number of benzene rings is 3. The van der Waals surface area contributed by atoms with E-state index in [1.807, 2.05) is 91.0 Å². The number of anilines is 1. The molecule has 0 bridgehead atoms. The van der Waals surface area contributed by atoms with Gasteiger partial charge in [0.05, 0.1) is 17.3 Å². The van der Waals surface area contributed by atoms with Crippen molar-refractivity contribution in [2.24, 2.45) is 10.2 Å². The van der Waals surface area contributed by atoms with Gasteiger partial charge in [0.15, 0.2) is 5.78 Å². The Morgan fingerprint density at radius 3 is 2.07 bits per heavy atom. The fraction of sp³-hybridized carbons (Fsp3) is 0.130. The molecule has 0 saturated carbocycles. The summed E-state index contributed by atoms with van der Waals surface area (Å²) in [5.74, 6) is -0.831. The molecule has 0 unspecified atom stereocenters. The van der Waals surface area contributed by atoms with E-state index in [-0.39, 0.29) is 5.78 Å². The first-order valence-corrected chi connectivity index (χ1v) is 9.30. The van der Waals surface area contributed by atoms with Crippen molar-refractivity contribution in [3.8, 4) is 0 Å². The maximum Gasteiger partial charge on any atom is 0.211 e. The largest absolute Gasteiger partial charge is 0.297 e. The van der Waals surface area contributed by atoms with E-state index in [2.05, 4.69) is 10.0 Å². The highest BCUT2D eigenvalue weighted by atomic mass is 16.1. The standard InChI is InChI=1S/C23H19N5O/c1-17(29)23(26-27-24)21(18-11-5-2-6-12-18)22(19-13-7-3-8-14-19)25-28(23)20-15-9-4-10-16-20/h2-16,21H,1H3/t21-,23+/m1/s1. The topological polar surface area (TPSA) is 81.4 Å². The quantitative estimate of drug-likeness (QED) is 0.342. The third-order valence-electron chi connectivity index (χ3n) is 5.13. The van der Waals surface area contributed by atoms with Crippen LogP contribution >= 0.6 is 0 Å². The number of carbonyl (C=O) groups is 1. The van der Waals surface area contributed by atoms with Crippen LogP contribution in [-0.4, -0.2) is 17.2 Å². The molecule has 29 heavy (non-hydrogen) atoms. The van der Waals surface area contributed by atoms with Crippen LogP contribution in [0.5, 0.6) is 0 Å². The van der Waals surface area contributed by atoms with Crippen LogP contribution in [0.15, 0.2) is 101 Å². The Morgan fingerprint density at radius 1 is 0.966 bits per heavy atom. The number of carbonyl (C=O) groups excluding carboxylic acids is 1. The molecule has 0 spiro atoms. The Labute approximate surface area is 168 Å². The first-order chi connectivity index (χ1) is 14.2. The average Bonchev–Trinajstić information content (AvgIpc) is 3.12. The van der Waals surface area contributed by atoms with Gasteiger partial charge < -0.3 is 0 Å². The molecule has 2 atom stereocenters. The molecule has 3 aromatic carbocycles. The van der Waals surface area contributed by atoms with Crippen molar-refractivity contribution in [1.82, 2.24) is 0 Å². The summed E-state index contributed by atoms with van der Waals surface area (Å²) in [5.41, 5.74) is 11.0. The summed E-state index contributed by atoms with van der Waals surface area (Å²) in [5, 5.41) is 10.5. The van der Waals surface area contributed by atoms with Gasteiger partial charge in [-0.25, -0.2) is 5.01 Å². The van der Waals surface area contributed by atoms with Crippen molar-refractivity contribution in [2.75, 3.05) is 5.01 Å². The second-order valence-electron chi connectivity index (χ2n) is 6.81. The Hall–Kier alpha value is -3.89. The molecule has 0 aliphatic carbocycles. The van der Waals surface area contributed by atoms with Crippen molar-refractivity contribution < 1.29 is 4.79 Å². The molecule has 1 aliphatic rings. The van der Waals surface area contributed by atoms with Gasteiger partial charge in [-0.3, -0.25) is 4.79 Å². The fourth-order valence-electron chi connectivity index (χ4n) is 3.84. The lowest BCUT2D eigenvalue weighted by Gasteiger charge is -2.36. The molecular weight excluding hydrogens is 362 g/mol. The van der Waals surface area contributed by atoms with Gasteiger partial charge in [0.1, 0.15) is 0 Å². The predicted molar refractivity (Wildman–Crippen MR) is 114 cm³/mol. The molecule has 3 aromatic rings. The van der Waals surface area contributed by atoms with Gasteiger partial charge in [-0.05, 0) is 35.7 Å². The SMILES string of the molecule is CC(=O)[C@@]1(N=[N+]=[N-])[C@H](c2ccccc2)C(c2ccccc2)=NN1c1ccccc1. The Balaban J connectivity index is 2.03. The molecule has 1 heterocycles. The molecule has 0 radical (unpaired) electrons. The van der Waals surface area contributed by atoms with Crippen molar-refractivity contribution >= 4 is 17.2 Å². The van der Waals surface area contributed by atoms with Crippen LogP contribution in [0.3, 0.4) is 0 Å². The zero-order valence-electron chi connectivity index (χ0n) is 15.9. The number of rotatable bonds is 5. The monoisotopic (exact) mass is 381 g/mol. The van der Waals surface area contributed by atoms with Gasteiger partial charge >= 0.3 is 0 Å². The summed E-state index contributed by atoms with van der Waals surface area (Å²) in [6.45, 7) is 1.45. The zero-order chi connectivity index (χ0) is 20.3. The number of nitrogens with zero attached hydrogens (tertiary/aromatic N) is 5. The second kappa shape index (κ2) is 7.62. The maximum atomic E-state index is 13.1. The van der Waals surface area contributed by atoms with E-state index in [1.54, 1.807) is 5.01 Å². The van der Waals surface area contributed by atoms with E-state index in [9.17, 15) is 10.3 Å². The minimum absolute atomic E-state index is 0.275. The molecule has 0 aromatic heterocycles. The van der Waals surface area contributed by atoms with E-state index in [4.69, 9.17) is 5.10 Å². The van der Waals surface area contributed by atoms with Gasteiger partial charge in [0, 0.05) is 4.91 Å². The van der Waals surface area contributed by atoms with Crippen LogP contribution in [0.1, 0.15) is 24.0 Å². The lowest BCUT2D eigenvalue weighted by atomic mass is 9.79. The van der Waals surface area contributed by atoms with Crippen LogP contribution in [0.25, 0.3) is 10.4 Å². The number of azide groups is 1. The molecule has 0 fully saturated rings. The maximum absolute atomic E-state index is 13.1. The third-order valence-corrected chi connectivity index (χ3v) is 5.13. The zero-order valence-corrected chi connectivity index (χ0v) is 15.9. The van der Waals surface area contributed by atoms with E-state index < -0.39 is 11.6 Å². The highest BCUT2D eigenvalue weighted by Crippen LogP contribution is 2.46. The van der Waals surface area contributed by atoms with Crippen LogP contribution in [0, 0.1) is 0 Å². The van der Waals surface area contributed by atoms with Gasteiger partial charge in [-0.2, -0.15) is 5.10 Å². The number of para-hydroxylation sites is 1. The van der Waals surface area contributed by atoms with Crippen LogP contribution < -0.4 is 5.01 Å². The van der Waals surface area contributed by atoms with E-state index >= 15 is 0 Å². The van der Waals surface area contributed by atoms with Gasteiger partial charge in [0.2, 0.25) is 5.66 Å². The van der Waals surface area contributed by atoms with E-state index in [0.717, 1.165) is 11.1 Å². The summed E-state index contributed by atoms with van der Waals surface area (Å²) < 4.78 is 0. The lowest BCUT2D eigenvalue weighted by Crippen LogP contribution is -2.51. The molecule has 1 aliphatic heterocycles. The van der Waals surface area contributed by atoms with Crippen molar-refractivity contribution in [1.29, 1.82) is 0 Å². The number of Topliss-reactive ketones (excluding diaryl/α,β-unsaturated/α-hetero) is 1. The van der Waals surface area contributed by atoms with Crippen LogP contribution in [0.4, 0.5) is 5.69 Å². The normalized spacial score (nSPS) is 20.7. The third kappa shape index (κ3) is 3.06. The molecule has 4 rings (SSSR count). The Bertz CT molecular complexity index is 1090. The number of hydrogen-bond donors (Lipinski definition) is 0. The predicted octanol–water partition coefficient (Wildman–Crippen LogP) is 5.29. The van der Waals surface area contributed by atoms with Gasteiger partial charge in [-0.15, -0.1) is 0 Å². The molecule has 6 heteroatoms. The fourth-order valence-corrected chi connectivity index (χ4v) is 3.84. The average molecular weight is 381 g/mol. The summed E-state index contributed by atoms with van der Waals surface area (Å²) in [6.07, 6.45) is 0. The number of hydrogen-bond acceptors (Lipinski definition) is 4. The second-order valence-corrected chi connectivity index (χ2v) is 6.81. The summed E-state index contributed by atoms with van der Waals surface area (Å²) in [7, 11) is 0. The molecule has 0 N–H and O–H groups in total. The Kier molecular flexibility index (Phi) is 4.85. The summed E-state index contributed by atoms with van der Waals surface area (Å²) >= 11 is 0. The van der Waals surface area contributed by atoms with E-state index in [1.165, 1.54) is 6.92 Å². The number of ketones is 1. The van der Waals surface area contributed by atoms with Gasteiger partial charge in [-0.1, -0.05) is 84.0 Å². The summed E-state index contributed by atoms with van der Waals surface area (Å²) in [6, 6.07) is 28.6. The van der Waals surface area contributed by atoms with E-state index in [0.29, 0.717) is 11.4 Å². The first-order valence-electron chi connectivity index (χ1n) is 9.30. The molecule has 0 amide bonds. The first kappa shape index (κ1) is 18.5. The van der Waals surface area contributed by atoms with Crippen molar-refractivity contribution in [3.63, 3.8) is 0 Å².